The summed E-state index contributed by atoms with van der Waals surface area (Å²) in [7, 11) is 0. The summed E-state index contributed by atoms with van der Waals surface area (Å²) >= 11 is 0. The van der Waals surface area contributed by atoms with Crippen molar-refractivity contribution in [3.8, 4) is 0 Å². The Bertz CT molecular complexity index is 1060. The molecule has 3 amide bonds. The van der Waals surface area contributed by atoms with Gasteiger partial charge in [0.1, 0.15) is 0 Å². The molecule has 5 heteroatoms. The summed E-state index contributed by atoms with van der Waals surface area (Å²) in [6.45, 7) is 0. The summed E-state index contributed by atoms with van der Waals surface area (Å²) in [6, 6.07) is 25.9. The van der Waals surface area contributed by atoms with Crippen molar-refractivity contribution in [2.75, 3.05) is 0 Å². The highest BCUT2D eigenvalue weighted by atomic mass is 16.2. The Balaban J connectivity index is 1.95. The zero-order valence-electron chi connectivity index (χ0n) is 15.1. The van der Waals surface area contributed by atoms with Gasteiger partial charge in [0.05, 0.1) is 11.7 Å². The fourth-order valence-electron chi connectivity index (χ4n) is 3.45. The molecule has 0 aliphatic carbocycles. The number of nitrogens with two attached hydrogens (primary N) is 1. The minimum atomic E-state index is -0.504. The Morgan fingerprint density at radius 2 is 1.46 bits per heavy atom. The van der Waals surface area contributed by atoms with Crippen molar-refractivity contribution in [1.82, 2.24) is 10.6 Å². The van der Waals surface area contributed by atoms with Crippen LogP contribution in [0.25, 0.3) is 11.3 Å². The van der Waals surface area contributed by atoms with E-state index < -0.39 is 11.9 Å². The number of hydrogen-bond donors (Lipinski definition) is 3. The molecule has 138 valence electrons. The van der Waals surface area contributed by atoms with Gasteiger partial charge in [0.15, 0.2) is 0 Å². The molecule has 0 spiro atoms. The molecule has 0 fully saturated rings. The van der Waals surface area contributed by atoms with Gasteiger partial charge >= 0.3 is 6.03 Å². The Hall–Kier alpha value is -3.86. The third-order valence-electron chi connectivity index (χ3n) is 4.72. The average molecular weight is 369 g/mol. The molecule has 3 aromatic carbocycles. The van der Waals surface area contributed by atoms with Crippen LogP contribution in [0.3, 0.4) is 0 Å². The first-order valence-electron chi connectivity index (χ1n) is 8.96. The lowest BCUT2D eigenvalue weighted by Crippen LogP contribution is -2.43. The molecule has 28 heavy (non-hydrogen) atoms. The lowest BCUT2D eigenvalue weighted by atomic mass is 9.87. The molecule has 1 unspecified atom stereocenters. The summed E-state index contributed by atoms with van der Waals surface area (Å²) in [5.74, 6) is -0.504. The lowest BCUT2D eigenvalue weighted by Gasteiger charge is -2.31. The van der Waals surface area contributed by atoms with Crippen LogP contribution in [0, 0.1) is 0 Å². The Morgan fingerprint density at radius 1 is 0.821 bits per heavy atom. The zero-order valence-corrected chi connectivity index (χ0v) is 15.1. The van der Waals surface area contributed by atoms with Gasteiger partial charge in [-0.3, -0.25) is 4.79 Å². The summed E-state index contributed by atoms with van der Waals surface area (Å²) in [6.07, 6.45) is 0. The van der Waals surface area contributed by atoms with Crippen molar-refractivity contribution in [1.29, 1.82) is 0 Å². The monoisotopic (exact) mass is 369 g/mol. The molecular formula is C23H19N3O2. The summed E-state index contributed by atoms with van der Waals surface area (Å²) in [5.41, 5.74) is 10.2. The van der Waals surface area contributed by atoms with E-state index in [0.29, 0.717) is 5.56 Å². The van der Waals surface area contributed by atoms with E-state index in [-0.39, 0.29) is 6.03 Å². The van der Waals surface area contributed by atoms with Crippen molar-refractivity contribution < 1.29 is 9.59 Å². The third kappa shape index (κ3) is 3.38. The van der Waals surface area contributed by atoms with Gasteiger partial charge in [0.25, 0.3) is 0 Å². The number of carbonyl (C=O) groups excluding carboxylic acids is 2. The van der Waals surface area contributed by atoms with Crippen molar-refractivity contribution in [2.24, 2.45) is 5.73 Å². The predicted molar refractivity (Wildman–Crippen MR) is 109 cm³/mol. The molecule has 0 saturated carbocycles. The van der Waals surface area contributed by atoms with Crippen LogP contribution in [0.1, 0.15) is 33.1 Å². The summed E-state index contributed by atoms with van der Waals surface area (Å²) in [4.78, 5) is 24.1. The number of carbonyl (C=O) groups is 2. The standard InChI is InChI=1S/C23H19N3O2/c24-22(27)18-13-7-12-17(14-18)21-19(15-8-3-1-4-9-15)20(25-23(28)26-21)16-10-5-2-6-11-16/h1-14,21H,(H2,24,27)(H2,25,26,28). The number of amides is 3. The quantitative estimate of drug-likeness (QED) is 0.655. The van der Waals surface area contributed by atoms with Crippen LogP contribution in [0.2, 0.25) is 0 Å². The van der Waals surface area contributed by atoms with Crippen LogP contribution in [-0.4, -0.2) is 11.9 Å². The van der Waals surface area contributed by atoms with Crippen molar-refractivity contribution in [3.63, 3.8) is 0 Å². The number of nitrogens with one attached hydrogen (secondary N) is 2. The van der Waals surface area contributed by atoms with Gasteiger partial charge in [-0.15, -0.1) is 0 Å². The van der Waals surface area contributed by atoms with E-state index in [4.69, 9.17) is 5.73 Å². The molecular weight excluding hydrogens is 350 g/mol. The molecule has 4 N–H and O–H groups in total. The molecule has 0 saturated heterocycles. The maximum absolute atomic E-state index is 12.5. The highest BCUT2D eigenvalue weighted by Gasteiger charge is 2.30. The van der Waals surface area contributed by atoms with Gasteiger partial charge in [0.2, 0.25) is 5.91 Å². The van der Waals surface area contributed by atoms with Crippen LogP contribution in [-0.2, 0) is 0 Å². The first kappa shape index (κ1) is 17.5. The molecule has 1 atom stereocenters. The first-order chi connectivity index (χ1) is 13.6. The topological polar surface area (TPSA) is 84.2 Å². The van der Waals surface area contributed by atoms with Gasteiger partial charge in [-0.05, 0) is 28.8 Å². The van der Waals surface area contributed by atoms with Gasteiger partial charge in [0, 0.05) is 11.1 Å². The predicted octanol–water partition coefficient (Wildman–Crippen LogP) is 3.71. The van der Waals surface area contributed by atoms with Crippen molar-refractivity contribution in [2.45, 2.75) is 6.04 Å². The average Bonchev–Trinajstić information content (AvgIpc) is 2.74. The molecule has 1 aliphatic rings. The fraction of sp³-hybridized carbons (Fsp3) is 0.0435. The lowest BCUT2D eigenvalue weighted by molar-refractivity contribution is 0.1000. The second-order valence-corrected chi connectivity index (χ2v) is 6.54. The van der Waals surface area contributed by atoms with E-state index in [1.807, 2.05) is 66.7 Å². The molecule has 4 rings (SSSR count). The first-order valence-corrected chi connectivity index (χ1v) is 8.96. The van der Waals surface area contributed by atoms with E-state index in [0.717, 1.165) is 28.0 Å². The van der Waals surface area contributed by atoms with Crippen LogP contribution in [0.5, 0.6) is 0 Å². The SMILES string of the molecule is NC(=O)c1cccc(C2NC(=O)NC(c3ccccc3)=C2c2ccccc2)c1. The number of benzene rings is 3. The number of primary amides is 1. The number of urea groups is 1. The highest BCUT2D eigenvalue weighted by Crippen LogP contribution is 2.37. The van der Waals surface area contributed by atoms with Gasteiger partial charge in [-0.25, -0.2) is 4.79 Å². The highest BCUT2D eigenvalue weighted by molar-refractivity contribution is 6.03. The Kier molecular flexibility index (Phi) is 4.64. The maximum Gasteiger partial charge on any atom is 0.320 e. The van der Waals surface area contributed by atoms with E-state index >= 15 is 0 Å². The van der Waals surface area contributed by atoms with Gasteiger partial charge in [-0.2, -0.15) is 0 Å². The largest absolute Gasteiger partial charge is 0.366 e. The molecule has 1 aliphatic heterocycles. The summed E-state index contributed by atoms with van der Waals surface area (Å²) in [5, 5.41) is 5.94. The minimum absolute atomic E-state index is 0.298. The minimum Gasteiger partial charge on any atom is -0.366 e. The normalized spacial score (nSPS) is 16.3. The third-order valence-corrected chi connectivity index (χ3v) is 4.72. The smallest absolute Gasteiger partial charge is 0.320 e. The zero-order chi connectivity index (χ0) is 19.5. The Morgan fingerprint density at radius 3 is 2.11 bits per heavy atom. The van der Waals surface area contributed by atoms with Gasteiger partial charge in [-0.1, -0.05) is 72.8 Å². The van der Waals surface area contributed by atoms with Gasteiger partial charge < -0.3 is 16.4 Å². The molecule has 3 aromatic rings. The van der Waals surface area contributed by atoms with E-state index in [1.165, 1.54) is 0 Å². The maximum atomic E-state index is 12.5. The van der Waals surface area contributed by atoms with E-state index in [1.54, 1.807) is 18.2 Å². The number of hydrogen-bond acceptors (Lipinski definition) is 2. The van der Waals surface area contributed by atoms with Crippen LogP contribution in [0.4, 0.5) is 4.79 Å². The molecule has 0 aromatic heterocycles. The second-order valence-electron chi connectivity index (χ2n) is 6.54. The number of rotatable bonds is 4. The fourth-order valence-corrected chi connectivity index (χ4v) is 3.45. The molecule has 0 bridgehead atoms. The van der Waals surface area contributed by atoms with Crippen molar-refractivity contribution >= 4 is 23.2 Å². The van der Waals surface area contributed by atoms with E-state index in [2.05, 4.69) is 10.6 Å². The van der Waals surface area contributed by atoms with Crippen molar-refractivity contribution in [3.05, 3.63) is 107 Å². The van der Waals surface area contributed by atoms with E-state index in [9.17, 15) is 9.59 Å². The molecule has 1 heterocycles. The van der Waals surface area contributed by atoms with Crippen LogP contribution < -0.4 is 16.4 Å². The van der Waals surface area contributed by atoms with Crippen LogP contribution >= 0.6 is 0 Å². The second kappa shape index (κ2) is 7.40. The Labute approximate surface area is 162 Å². The summed E-state index contributed by atoms with van der Waals surface area (Å²) < 4.78 is 0. The molecule has 0 radical (unpaired) electrons. The molecule has 5 nitrogen and oxygen atoms in total. The van der Waals surface area contributed by atoms with Crippen LogP contribution in [0.15, 0.2) is 84.9 Å².